The van der Waals surface area contributed by atoms with Gasteiger partial charge in [0.2, 0.25) is 0 Å². The molecular formula is C22H22N3O5S2+. The first-order valence-electron chi connectivity index (χ1n) is 9.88. The Bertz CT molecular complexity index is 1110. The molecule has 4 amide bonds. The first-order valence-corrected chi connectivity index (χ1v) is 11.7. The average Bonchev–Trinajstić information content (AvgIpc) is 3.49. The number of ether oxygens (including phenoxy) is 2. The van der Waals surface area contributed by atoms with Crippen LogP contribution in [0, 0.1) is 0 Å². The van der Waals surface area contributed by atoms with E-state index in [2.05, 4.69) is 5.32 Å². The van der Waals surface area contributed by atoms with Crippen LogP contribution < -0.4 is 14.8 Å². The minimum absolute atomic E-state index is 0.215. The summed E-state index contributed by atoms with van der Waals surface area (Å²) in [6.07, 6.45) is 2.31. The van der Waals surface area contributed by atoms with E-state index in [0.29, 0.717) is 29.3 Å². The van der Waals surface area contributed by atoms with Gasteiger partial charge in [-0.2, -0.15) is 14.3 Å². The number of carbonyl (C=O) groups excluding carboxylic acids is 3. The van der Waals surface area contributed by atoms with Crippen LogP contribution in [0.25, 0.3) is 0 Å². The van der Waals surface area contributed by atoms with E-state index >= 15 is 0 Å². The van der Waals surface area contributed by atoms with Crippen LogP contribution in [0.15, 0.2) is 47.2 Å². The van der Waals surface area contributed by atoms with Gasteiger partial charge in [-0.25, -0.2) is 4.79 Å². The normalized spacial score (nSPS) is 17.6. The molecule has 2 aliphatic heterocycles. The lowest BCUT2D eigenvalue weighted by Gasteiger charge is -2.24. The molecule has 4 rings (SSSR count). The number of imide groups is 1. The zero-order chi connectivity index (χ0) is 22.7. The second kappa shape index (κ2) is 9.58. The van der Waals surface area contributed by atoms with E-state index in [0.717, 1.165) is 4.88 Å². The van der Waals surface area contributed by atoms with Gasteiger partial charge in [0.25, 0.3) is 5.91 Å². The van der Waals surface area contributed by atoms with Crippen molar-refractivity contribution in [3.8, 4) is 11.5 Å². The van der Waals surface area contributed by atoms with Crippen molar-refractivity contribution in [3.05, 3.63) is 52.1 Å². The molecule has 10 heteroatoms. The van der Waals surface area contributed by atoms with Crippen LogP contribution in [0.5, 0.6) is 11.5 Å². The maximum absolute atomic E-state index is 13.2. The molecule has 1 atom stereocenters. The molecule has 1 N–H and O–H groups in total. The van der Waals surface area contributed by atoms with E-state index in [1.807, 2.05) is 17.5 Å². The molecule has 1 aromatic heterocycles. The molecule has 1 unspecified atom stereocenters. The fraction of sp³-hybridized carbons (Fsp3) is 0.273. The van der Waals surface area contributed by atoms with Gasteiger partial charge in [0, 0.05) is 17.4 Å². The van der Waals surface area contributed by atoms with Crippen molar-refractivity contribution >= 4 is 52.3 Å². The van der Waals surface area contributed by atoms with Gasteiger partial charge < -0.3 is 14.8 Å². The van der Waals surface area contributed by atoms with Crippen molar-refractivity contribution in [3.63, 3.8) is 0 Å². The number of hydrogen-bond donors (Lipinski definition) is 1. The Morgan fingerprint density at radius 1 is 1.22 bits per heavy atom. The van der Waals surface area contributed by atoms with Crippen LogP contribution in [-0.2, 0) is 16.0 Å². The highest BCUT2D eigenvalue weighted by atomic mass is 32.2. The highest BCUT2D eigenvalue weighted by Crippen LogP contribution is 2.30. The van der Waals surface area contributed by atoms with E-state index in [9.17, 15) is 14.4 Å². The van der Waals surface area contributed by atoms with Gasteiger partial charge in [0.05, 0.1) is 19.9 Å². The molecule has 166 valence electrons. The third kappa shape index (κ3) is 4.42. The number of benzene rings is 1. The summed E-state index contributed by atoms with van der Waals surface area (Å²) in [5.41, 5.74) is 1.00. The van der Waals surface area contributed by atoms with Crippen LogP contribution in [0.4, 0.5) is 10.5 Å². The Morgan fingerprint density at radius 2 is 2.06 bits per heavy atom. The van der Waals surface area contributed by atoms with Crippen LogP contribution in [0.3, 0.4) is 0 Å². The summed E-state index contributed by atoms with van der Waals surface area (Å²) in [5, 5.41) is 6.01. The Labute approximate surface area is 193 Å². The number of nitrogens with zero attached hydrogens (tertiary/aromatic N) is 2. The second-order valence-electron chi connectivity index (χ2n) is 7.05. The van der Waals surface area contributed by atoms with Crippen LogP contribution in [0.1, 0.15) is 4.88 Å². The van der Waals surface area contributed by atoms with Gasteiger partial charge >= 0.3 is 11.9 Å². The maximum Gasteiger partial charge on any atom is 0.501 e. The number of amides is 4. The van der Waals surface area contributed by atoms with E-state index in [4.69, 9.17) is 9.47 Å². The third-order valence-corrected chi connectivity index (χ3v) is 7.08. The second-order valence-corrected chi connectivity index (χ2v) is 9.09. The minimum atomic E-state index is -0.514. The molecular weight excluding hydrogens is 450 g/mol. The highest BCUT2D eigenvalue weighted by molar-refractivity contribution is 8.04. The fourth-order valence-corrected chi connectivity index (χ4v) is 5.19. The molecule has 0 fully saturated rings. The monoisotopic (exact) mass is 472 g/mol. The lowest BCUT2D eigenvalue weighted by atomic mass is 10.1. The van der Waals surface area contributed by atoms with Crippen molar-refractivity contribution in [1.29, 1.82) is 0 Å². The first kappa shape index (κ1) is 22.1. The number of anilines is 1. The Balaban J connectivity index is 1.52. The Morgan fingerprint density at radius 3 is 2.78 bits per heavy atom. The van der Waals surface area contributed by atoms with Crippen LogP contribution in [0.2, 0.25) is 0 Å². The number of carbonyl (C=O) groups is 3. The summed E-state index contributed by atoms with van der Waals surface area (Å²) in [5.74, 6) is 0.394. The van der Waals surface area contributed by atoms with Gasteiger partial charge in [0.1, 0.15) is 23.8 Å². The Kier molecular flexibility index (Phi) is 6.61. The number of rotatable bonds is 8. The number of thioether (sulfide) groups is 1. The maximum atomic E-state index is 13.2. The van der Waals surface area contributed by atoms with Crippen LogP contribution >= 0.6 is 23.1 Å². The molecule has 3 heterocycles. The lowest BCUT2D eigenvalue weighted by Crippen LogP contribution is -2.56. The number of fused-ring (bicyclic) bond motifs is 1. The number of hydrogen-bond acceptors (Lipinski definition) is 7. The molecule has 0 radical (unpaired) electrons. The summed E-state index contributed by atoms with van der Waals surface area (Å²) in [7, 11) is 3.04. The number of methoxy groups -OCH3 is 2. The summed E-state index contributed by atoms with van der Waals surface area (Å²) < 4.78 is 11.9. The van der Waals surface area contributed by atoms with E-state index in [-0.39, 0.29) is 19.0 Å². The molecule has 2 aromatic rings. The summed E-state index contributed by atoms with van der Waals surface area (Å²) in [6, 6.07) is 8.46. The van der Waals surface area contributed by atoms with Gasteiger partial charge in [-0.1, -0.05) is 6.07 Å². The van der Waals surface area contributed by atoms with E-state index in [1.165, 1.54) is 28.3 Å². The van der Waals surface area contributed by atoms with Gasteiger partial charge in [-0.3, -0.25) is 4.79 Å². The zero-order valence-electron chi connectivity index (χ0n) is 17.6. The standard InChI is InChI=1S/C22H21N3O5S2/c1-29-14-5-6-16(18(12-14)30-2)23-19(26)13-25-17-8-11-32-20(17)21(27)24(22(25)28)9-7-15-4-3-10-31-15/h3-6,8,10-12,20H,7,9,13H2,1-2H3/p+1. The summed E-state index contributed by atoms with van der Waals surface area (Å²) in [4.78, 5) is 41.3. The number of nitrogens with one attached hydrogen (secondary N) is 1. The lowest BCUT2D eigenvalue weighted by molar-refractivity contribution is -0.425. The molecule has 0 saturated heterocycles. The van der Waals surface area contributed by atoms with E-state index in [1.54, 1.807) is 48.1 Å². The molecule has 0 spiro atoms. The molecule has 8 nitrogen and oxygen atoms in total. The van der Waals surface area contributed by atoms with Crippen molar-refractivity contribution in [2.24, 2.45) is 0 Å². The molecule has 0 aliphatic carbocycles. The quantitative estimate of drug-likeness (QED) is 0.595. The number of allylic oxidation sites excluding steroid dienone is 1. The molecule has 0 saturated carbocycles. The Hall–Kier alpha value is -3.11. The molecule has 0 bridgehead atoms. The van der Waals surface area contributed by atoms with E-state index < -0.39 is 17.2 Å². The number of urea groups is 1. The van der Waals surface area contributed by atoms with Crippen molar-refractivity contribution in [2.75, 3.05) is 32.6 Å². The van der Waals surface area contributed by atoms with Gasteiger partial charge in [-0.15, -0.1) is 23.1 Å². The SMILES string of the molecule is COc1ccc(NC(=O)C[N+]2=C3C=CSC3C(=O)N(CCc3cccs3)C2=O)c(OC)c1. The molecule has 32 heavy (non-hydrogen) atoms. The minimum Gasteiger partial charge on any atom is -0.497 e. The molecule has 2 aliphatic rings. The fourth-order valence-electron chi connectivity index (χ4n) is 3.53. The number of thiophene rings is 1. The zero-order valence-corrected chi connectivity index (χ0v) is 19.2. The topological polar surface area (TPSA) is 88.0 Å². The first-order chi connectivity index (χ1) is 15.5. The van der Waals surface area contributed by atoms with Gasteiger partial charge in [-0.05, 0) is 35.1 Å². The van der Waals surface area contributed by atoms with Crippen LogP contribution in [-0.4, -0.2) is 65.6 Å². The predicted octanol–water partition coefficient (Wildman–Crippen LogP) is 2.99. The largest absolute Gasteiger partial charge is 0.501 e. The molecule has 1 aromatic carbocycles. The van der Waals surface area contributed by atoms with Crippen molar-refractivity contribution in [2.45, 2.75) is 11.7 Å². The predicted molar refractivity (Wildman–Crippen MR) is 124 cm³/mol. The third-order valence-electron chi connectivity index (χ3n) is 5.13. The van der Waals surface area contributed by atoms with Gasteiger partial charge in [0.15, 0.2) is 11.8 Å². The average molecular weight is 473 g/mol. The summed E-state index contributed by atoms with van der Waals surface area (Å²) in [6.45, 7) is 0.0560. The van der Waals surface area contributed by atoms with Crippen molar-refractivity contribution in [1.82, 2.24) is 4.90 Å². The smallest absolute Gasteiger partial charge is 0.497 e. The highest BCUT2D eigenvalue weighted by Gasteiger charge is 2.49. The van der Waals surface area contributed by atoms with Crippen molar-refractivity contribution < 1.29 is 28.4 Å². The summed E-state index contributed by atoms with van der Waals surface area (Å²) >= 11 is 2.92.